The minimum absolute atomic E-state index is 0.108. The number of hydrogen-bond donors (Lipinski definition) is 2. The highest BCUT2D eigenvalue weighted by Crippen LogP contribution is 2.27. The van der Waals surface area contributed by atoms with E-state index in [1.165, 1.54) is 45.2 Å². The van der Waals surface area contributed by atoms with Gasteiger partial charge in [0, 0.05) is 17.6 Å². The molecule has 1 atom stereocenters. The van der Waals surface area contributed by atoms with Gasteiger partial charge in [0.15, 0.2) is 0 Å². The molecule has 0 amide bonds. The Morgan fingerprint density at radius 2 is 1.95 bits per heavy atom. The van der Waals surface area contributed by atoms with Crippen LogP contribution in [0.15, 0.2) is 0 Å². The second kappa shape index (κ2) is 8.23. The van der Waals surface area contributed by atoms with Crippen LogP contribution in [-0.2, 0) is 0 Å². The lowest BCUT2D eigenvalue weighted by Gasteiger charge is -2.31. The molecular formula is C16H34N2O. The molecule has 0 aromatic heterocycles. The Bertz CT molecular complexity index is 241. The summed E-state index contributed by atoms with van der Waals surface area (Å²) in [6.45, 7) is 11.4. The molecule has 0 bridgehead atoms. The summed E-state index contributed by atoms with van der Waals surface area (Å²) in [5.41, 5.74) is -0.108. The third-order valence-electron chi connectivity index (χ3n) is 3.98. The van der Waals surface area contributed by atoms with Gasteiger partial charge in [0.05, 0.1) is 6.61 Å². The molecule has 1 aliphatic carbocycles. The zero-order chi connectivity index (χ0) is 14.3. The van der Waals surface area contributed by atoms with E-state index in [2.05, 4.69) is 37.9 Å². The van der Waals surface area contributed by atoms with Crippen molar-refractivity contribution in [2.45, 2.75) is 83.8 Å². The van der Waals surface area contributed by atoms with Gasteiger partial charge in [0.1, 0.15) is 0 Å². The summed E-state index contributed by atoms with van der Waals surface area (Å²) in [6, 6.07) is 1.32. The number of nitrogens with zero attached hydrogens (tertiary/aromatic N) is 1. The fraction of sp³-hybridized carbons (Fsp3) is 1.00. The zero-order valence-corrected chi connectivity index (χ0v) is 13.4. The van der Waals surface area contributed by atoms with E-state index in [4.69, 9.17) is 0 Å². The van der Waals surface area contributed by atoms with Crippen LogP contribution in [0.1, 0.15) is 66.2 Å². The summed E-state index contributed by atoms with van der Waals surface area (Å²) < 4.78 is 0. The highest BCUT2D eigenvalue weighted by Gasteiger charge is 2.28. The van der Waals surface area contributed by atoms with Gasteiger partial charge in [-0.05, 0) is 52.1 Å². The van der Waals surface area contributed by atoms with E-state index in [1.54, 1.807) is 0 Å². The standard InChI is InChI=1S/C16H34N2O/c1-5-11-18(15-8-9-15)12-7-6-10-16(4,13-19)17-14(2)3/h14-15,17,19H,5-13H2,1-4H3. The lowest BCUT2D eigenvalue weighted by Crippen LogP contribution is -2.49. The van der Waals surface area contributed by atoms with Gasteiger partial charge in [-0.3, -0.25) is 0 Å². The van der Waals surface area contributed by atoms with Crippen molar-refractivity contribution in [3.05, 3.63) is 0 Å². The van der Waals surface area contributed by atoms with E-state index in [0.29, 0.717) is 6.04 Å². The van der Waals surface area contributed by atoms with Crippen LogP contribution in [0.3, 0.4) is 0 Å². The van der Waals surface area contributed by atoms with Crippen molar-refractivity contribution in [2.24, 2.45) is 0 Å². The van der Waals surface area contributed by atoms with E-state index in [-0.39, 0.29) is 12.1 Å². The molecule has 0 heterocycles. The van der Waals surface area contributed by atoms with Crippen LogP contribution in [0.5, 0.6) is 0 Å². The van der Waals surface area contributed by atoms with Crippen molar-refractivity contribution in [2.75, 3.05) is 19.7 Å². The van der Waals surface area contributed by atoms with Gasteiger partial charge in [0.2, 0.25) is 0 Å². The molecule has 0 saturated heterocycles. The van der Waals surface area contributed by atoms with Gasteiger partial charge in [0.25, 0.3) is 0 Å². The molecule has 19 heavy (non-hydrogen) atoms. The van der Waals surface area contributed by atoms with Gasteiger partial charge in [-0.2, -0.15) is 0 Å². The van der Waals surface area contributed by atoms with E-state index in [0.717, 1.165) is 12.5 Å². The first-order valence-electron chi connectivity index (χ1n) is 8.13. The normalized spacial score (nSPS) is 19.1. The lowest BCUT2D eigenvalue weighted by atomic mass is 9.94. The molecule has 3 heteroatoms. The molecule has 0 spiro atoms. The molecule has 0 radical (unpaired) electrons. The average Bonchev–Trinajstić information content (AvgIpc) is 3.16. The first-order chi connectivity index (χ1) is 9.00. The summed E-state index contributed by atoms with van der Waals surface area (Å²) in [5, 5.41) is 13.0. The first-order valence-corrected chi connectivity index (χ1v) is 8.13. The molecule has 1 saturated carbocycles. The predicted octanol–water partition coefficient (Wildman–Crippen LogP) is 2.78. The Balaban J connectivity index is 2.20. The lowest BCUT2D eigenvalue weighted by molar-refractivity contribution is 0.151. The Morgan fingerprint density at radius 3 is 2.42 bits per heavy atom. The summed E-state index contributed by atoms with van der Waals surface area (Å²) in [7, 11) is 0. The third kappa shape index (κ3) is 6.73. The highest BCUT2D eigenvalue weighted by atomic mass is 16.3. The Morgan fingerprint density at radius 1 is 1.26 bits per heavy atom. The predicted molar refractivity (Wildman–Crippen MR) is 82.5 cm³/mol. The topological polar surface area (TPSA) is 35.5 Å². The van der Waals surface area contributed by atoms with Crippen LogP contribution in [0, 0.1) is 0 Å². The SMILES string of the molecule is CCCN(CCCCC(C)(CO)NC(C)C)C1CC1. The molecule has 1 rings (SSSR count). The Labute approximate surface area is 119 Å². The number of unbranched alkanes of at least 4 members (excludes halogenated alkanes) is 1. The fourth-order valence-electron chi connectivity index (χ4n) is 2.93. The van der Waals surface area contributed by atoms with E-state index in [1.807, 2.05) is 0 Å². The maximum atomic E-state index is 9.55. The summed E-state index contributed by atoms with van der Waals surface area (Å²) in [4.78, 5) is 2.66. The molecule has 1 fully saturated rings. The van der Waals surface area contributed by atoms with Gasteiger partial charge in [-0.25, -0.2) is 0 Å². The summed E-state index contributed by atoms with van der Waals surface area (Å²) in [6.07, 6.45) is 7.59. The maximum Gasteiger partial charge on any atom is 0.0610 e. The molecular weight excluding hydrogens is 236 g/mol. The molecule has 0 aliphatic heterocycles. The molecule has 3 nitrogen and oxygen atoms in total. The number of hydrogen-bond acceptors (Lipinski definition) is 3. The number of aliphatic hydroxyl groups excluding tert-OH is 1. The molecule has 114 valence electrons. The molecule has 2 N–H and O–H groups in total. The van der Waals surface area contributed by atoms with Crippen LogP contribution in [0.4, 0.5) is 0 Å². The minimum atomic E-state index is -0.108. The fourth-order valence-corrected chi connectivity index (χ4v) is 2.93. The van der Waals surface area contributed by atoms with Gasteiger partial charge in [-0.1, -0.05) is 27.2 Å². The van der Waals surface area contributed by atoms with Gasteiger partial charge in [-0.15, -0.1) is 0 Å². The van der Waals surface area contributed by atoms with E-state index < -0.39 is 0 Å². The van der Waals surface area contributed by atoms with E-state index in [9.17, 15) is 5.11 Å². The zero-order valence-electron chi connectivity index (χ0n) is 13.4. The van der Waals surface area contributed by atoms with Crippen LogP contribution < -0.4 is 5.32 Å². The van der Waals surface area contributed by atoms with Gasteiger partial charge >= 0.3 is 0 Å². The van der Waals surface area contributed by atoms with Crippen molar-refractivity contribution in [3.63, 3.8) is 0 Å². The minimum Gasteiger partial charge on any atom is -0.394 e. The van der Waals surface area contributed by atoms with Crippen molar-refractivity contribution in [3.8, 4) is 0 Å². The smallest absolute Gasteiger partial charge is 0.0610 e. The second-order valence-corrected chi connectivity index (χ2v) is 6.74. The van der Waals surface area contributed by atoms with Crippen LogP contribution >= 0.6 is 0 Å². The first kappa shape index (κ1) is 16.9. The summed E-state index contributed by atoms with van der Waals surface area (Å²) in [5.74, 6) is 0. The summed E-state index contributed by atoms with van der Waals surface area (Å²) >= 11 is 0. The number of rotatable bonds is 11. The monoisotopic (exact) mass is 270 g/mol. The van der Waals surface area contributed by atoms with Crippen molar-refractivity contribution < 1.29 is 5.11 Å². The number of aliphatic hydroxyl groups is 1. The highest BCUT2D eigenvalue weighted by molar-refractivity contribution is 4.86. The third-order valence-corrected chi connectivity index (χ3v) is 3.98. The van der Waals surface area contributed by atoms with Crippen molar-refractivity contribution in [1.29, 1.82) is 0 Å². The molecule has 0 aromatic carbocycles. The van der Waals surface area contributed by atoms with Gasteiger partial charge < -0.3 is 15.3 Å². The van der Waals surface area contributed by atoms with E-state index >= 15 is 0 Å². The van der Waals surface area contributed by atoms with Crippen molar-refractivity contribution >= 4 is 0 Å². The molecule has 1 aliphatic rings. The van der Waals surface area contributed by atoms with Crippen molar-refractivity contribution in [1.82, 2.24) is 10.2 Å². The molecule has 0 aromatic rings. The van der Waals surface area contributed by atoms with Crippen LogP contribution in [0.2, 0.25) is 0 Å². The Hall–Kier alpha value is -0.120. The maximum absolute atomic E-state index is 9.55. The second-order valence-electron chi connectivity index (χ2n) is 6.74. The Kier molecular flexibility index (Phi) is 7.33. The largest absolute Gasteiger partial charge is 0.394 e. The van der Waals surface area contributed by atoms with Crippen LogP contribution in [-0.4, -0.2) is 47.3 Å². The van der Waals surface area contributed by atoms with Crippen LogP contribution in [0.25, 0.3) is 0 Å². The quantitative estimate of drug-likeness (QED) is 0.567. The average molecular weight is 270 g/mol. The molecule has 1 unspecified atom stereocenters. The number of nitrogens with one attached hydrogen (secondary N) is 1.